The molecule has 1 rings (SSSR count). The Balaban J connectivity index is 2.77. The average Bonchev–Trinajstić information content (AvgIpc) is 2.35. The predicted molar refractivity (Wildman–Crippen MR) is 75.9 cm³/mol. The highest BCUT2D eigenvalue weighted by Gasteiger charge is 2.23. The number of benzene rings is 1. The summed E-state index contributed by atoms with van der Waals surface area (Å²) < 4.78 is 18.5. The van der Waals surface area contributed by atoms with Gasteiger partial charge in [0.1, 0.15) is 11.6 Å². The van der Waals surface area contributed by atoms with Gasteiger partial charge in [-0.25, -0.2) is 4.39 Å². The van der Waals surface area contributed by atoms with E-state index < -0.39 is 17.1 Å². The molecule has 6 heteroatoms. The number of rotatable bonds is 5. The standard InChI is InChI=1S/C13H17FN2O2S/c1-13(2,12(15)19)7-16-11(17)9-5-4-8(18-3)6-10(9)14/h4-6H,7H2,1-3H3,(H2,15,19)(H,16,17). The quantitative estimate of drug-likeness (QED) is 0.810. The molecule has 0 aromatic heterocycles. The summed E-state index contributed by atoms with van der Waals surface area (Å²) in [6.07, 6.45) is 0. The molecule has 0 aliphatic carbocycles. The fourth-order valence-corrected chi connectivity index (χ4v) is 1.36. The van der Waals surface area contributed by atoms with E-state index in [4.69, 9.17) is 22.7 Å². The minimum Gasteiger partial charge on any atom is -0.497 e. The van der Waals surface area contributed by atoms with Crippen molar-refractivity contribution < 1.29 is 13.9 Å². The molecule has 19 heavy (non-hydrogen) atoms. The smallest absolute Gasteiger partial charge is 0.254 e. The Morgan fingerprint density at radius 2 is 2.16 bits per heavy atom. The lowest BCUT2D eigenvalue weighted by Gasteiger charge is -2.23. The van der Waals surface area contributed by atoms with Gasteiger partial charge in [-0.3, -0.25) is 4.79 Å². The van der Waals surface area contributed by atoms with Crippen LogP contribution in [0.4, 0.5) is 4.39 Å². The van der Waals surface area contributed by atoms with Crippen molar-refractivity contribution in [3.63, 3.8) is 0 Å². The van der Waals surface area contributed by atoms with E-state index in [2.05, 4.69) is 5.32 Å². The zero-order valence-electron chi connectivity index (χ0n) is 11.1. The van der Waals surface area contributed by atoms with Crippen LogP contribution in [0.15, 0.2) is 18.2 Å². The van der Waals surface area contributed by atoms with Crippen LogP contribution in [0.1, 0.15) is 24.2 Å². The second kappa shape index (κ2) is 5.97. The maximum atomic E-state index is 13.7. The van der Waals surface area contributed by atoms with Crippen molar-refractivity contribution in [2.75, 3.05) is 13.7 Å². The number of ether oxygens (including phenoxy) is 1. The normalized spacial score (nSPS) is 10.9. The third-order valence-electron chi connectivity index (χ3n) is 2.78. The average molecular weight is 284 g/mol. The zero-order valence-corrected chi connectivity index (χ0v) is 11.9. The van der Waals surface area contributed by atoms with Crippen LogP contribution in [0.5, 0.6) is 5.75 Å². The number of hydrogen-bond donors (Lipinski definition) is 2. The molecule has 0 bridgehead atoms. The number of thiocarbonyl (C=S) groups is 1. The van der Waals surface area contributed by atoms with Gasteiger partial charge in [0.25, 0.3) is 5.91 Å². The van der Waals surface area contributed by atoms with Gasteiger partial charge < -0.3 is 15.8 Å². The molecule has 0 heterocycles. The van der Waals surface area contributed by atoms with Crippen LogP contribution in [0, 0.1) is 11.2 Å². The van der Waals surface area contributed by atoms with Gasteiger partial charge in [0.05, 0.1) is 17.7 Å². The molecule has 0 radical (unpaired) electrons. The molecule has 0 unspecified atom stereocenters. The summed E-state index contributed by atoms with van der Waals surface area (Å²) in [5, 5.41) is 2.61. The lowest BCUT2D eigenvalue weighted by atomic mass is 9.93. The first-order chi connectivity index (χ1) is 8.77. The molecular weight excluding hydrogens is 267 g/mol. The number of methoxy groups -OCH3 is 1. The molecule has 0 saturated carbocycles. The number of hydrogen-bond acceptors (Lipinski definition) is 3. The van der Waals surface area contributed by atoms with Crippen LogP contribution in [-0.4, -0.2) is 24.6 Å². The van der Waals surface area contributed by atoms with Crippen LogP contribution < -0.4 is 15.8 Å². The van der Waals surface area contributed by atoms with E-state index in [1.807, 2.05) is 0 Å². The fourth-order valence-electron chi connectivity index (χ4n) is 1.29. The van der Waals surface area contributed by atoms with Gasteiger partial charge in [0, 0.05) is 18.0 Å². The van der Waals surface area contributed by atoms with Gasteiger partial charge in [-0.15, -0.1) is 0 Å². The SMILES string of the molecule is COc1ccc(C(=O)NCC(C)(C)C(N)=S)c(F)c1. The van der Waals surface area contributed by atoms with E-state index in [1.165, 1.54) is 19.2 Å². The topological polar surface area (TPSA) is 64.3 Å². The first-order valence-corrected chi connectivity index (χ1v) is 6.10. The molecule has 0 aliphatic rings. The Morgan fingerprint density at radius 3 is 2.63 bits per heavy atom. The van der Waals surface area contributed by atoms with Gasteiger partial charge in [-0.1, -0.05) is 26.1 Å². The van der Waals surface area contributed by atoms with Crippen molar-refractivity contribution in [3.05, 3.63) is 29.6 Å². The maximum Gasteiger partial charge on any atom is 0.254 e. The van der Waals surface area contributed by atoms with Crippen LogP contribution in [0.3, 0.4) is 0 Å². The Kier molecular flexibility index (Phi) is 4.83. The third kappa shape index (κ3) is 3.89. The van der Waals surface area contributed by atoms with Crippen molar-refractivity contribution >= 4 is 23.1 Å². The van der Waals surface area contributed by atoms with Crippen molar-refractivity contribution in [1.29, 1.82) is 0 Å². The summed E-state index contributed by atoms with van der Waals surface area (Å²) in [5.41, 5.74) is 4.99. The van der Waals surface area contributed by atoms with E-state index in [0.29, 0.717) is 10.7 Å². The molecule has 0 atom stereocenters. The molecule has 0 saturated heterocycles. The Morgan fingerprint density at radius 1 is 1.53 bits per heavy atom. The summed E-state index contributed by atoms with van der Waals surface area (Å²) in [6.45, 7) is 3.85. The molecular formula is C13H17FN2O2S. The second-order valence-electron chi connectivity index (χ2n) is 4.78. The molecule has 104 valence electrons. The number of carbonyl (C=O) groups excluding carboxylic acids is 1. The lowest BCUT2D eigenvalue weighted by Crippen LogP contribution is -2.41. The number of nitrogens with one attached hydrogen (secondary N) is 1. The number of nitrogens with two attached hydrogens (primary N) is 1. The molecule has 0 fully saturated rings. The number of amides is 1. The van der Waals surface area contributed by atoms with Crippen LogP contribution >= 0.6 is 12.2 Å². The fraction of sp³-hybridized carbons (Fsp3) is 0.385. The Bertz CT molecular complexity index is 503. The molecule has 0 spiro atoms. The van der Waals surface area contributed by atoms with E-state index in [0.717, 1.165) is 6.07 Å². The third-order valence-corrected chi connectivity index (χ3v) is 3.33. The second-order valence-corrected chi connectivity index (χ2v) is 5.22. The highest BCUT2D eigenvalue weighted by atomic mass is 32.1. The minimum absolute atomic E-state index is 0.0421. The highest BCUT2D eigenvalue weighted by Crippen LogP contribution is 2.17. The van der Waals surface area contributed by atoms with Crippen molar-refractivity contribution in [3.8, 4) is 5.75 Å². The zero-order chi connectivity index (χ0) is 14.6. The van der Waals surface area contributed by atoms with E-state index in [9.17, 15) is 9.18 Å². The molecule has 1 aromatic rings. The largest absolute Gasteiger partial charge is 0.497 e. The monoisotopic (exact) mass is 284 g/mol. The van der Waals surface area contributed by atoms with Gasteiger partial charge in [0.15, 0.2) is 0 Å². The number of carbonyl (C=O) groups is 1. The van der Waals surface area contributed by atoms with E-state index >= 15 is 0 Å². The van der Waals surface area contributed by atoms with Crippen LogP contribution in [-0.2, 0) is 0 Å². The molecule has 4 nitrogen and oxygen atoms in total. The van der Waals surface area contributed by atoms with Crippen LogP contribution in [0.25, 0.3) is 0 Å². The predicted octanol–water partition coefficient (Wildman–Crippen LogP) is 1.88. The van der Waals surface area contributed by atoms with Gasteiger partial charge in [0.2, 0.25) is 0 Å². The van der Waals surface area contributed by atoms with Crippen molar-refractivity contribution in [2.24, 2.45) is 11.1 Å². The Hall–Kier alpha value is -1.69. The van der Waals surface area contributed by atoms with Crippen molar-refractivity contribution in [2.45, 2.75) is 13.8 Å². The number of halogens is 1. The lowest BCUT2D eigenvalue weighted by molar-refractivity contribution is 0.0941. The van der Waals surface area contributed by atoms with Gasteiger partial charge in [-0.2, -0.15) is 0 Å². The first kappa shape index (κ1) is 15.4. The maximum absolute atomic E-state index is 13.7. The van der Waals surface area contributed by atoms with Gasteiger partial charge >= 0.3 is 0 Å². The highest BCUT2D eigenvalue weighted by molar-refractivity contribution is 7.80. The first-order valence-electron chi connectivity index (χ1n) is 5.69. The van der Waals surface area contributed by atoms with E-state index in [-0.39, 0.29) is 12.1 Å². The molecule has 1 aromatic carbocycles. The Labute approximate surface area is 117 Å². The van der Waals surface area contributed by atoms with Crippen LogP contribution in [0.2, 0.25) is 0 Å². The summed E-state index contributed by atoms with van der Waals surface area (Å²) in [4.78, 5) is 12.2. The molecule has 1 amide bonds. The summed E-state index contributed by atoms with van der Waals surface area (Å²) in [7, 11) is 1.43. The minimum atomic E-state index is -0.634. The summed E-state index contributed by atoms with van der Waals surface area (Å²) in [6, 6.07) is 4.06. The summed E-state index contributed by atoms with van der Waals surface area (Å²) in [5.74, 6) is -0.785. The summed E-state index contributed by atoms with van der Waals surface area (Å²) >= 11 is 4.89. The van der Waals surface area contributed by atoms with Gasteiger partial charge in [-0.05, 0) is 12.1 Å². The van der Waals surface area contributed by atoms with E-state index in [1.54, 1.807) is 13.8 Å². The molecule has 0 aliphatic heterocycles. The molecule has 3 N–H and O–H groups in total. The van der Waals surface area contributed by atoms with Crippen molar-refractivity contribution in [1.82, 2.24) is 5.32 Å².